The van der Waals surface area contributed by atoms with Crippen LogP contribution in [-0.2, 0) is 5.60 Å². The second-order valence-electron chi connectivity index (χ2n) is 7.55. The maximum atomic E-state index is 11.1. The monoisotopic (exact) mass is 336 g/mol. The largest absolute Gasteiger partial charge is 0.381 e. The first kappa shape index (κ1) is 16.5. The molecule has 2 aliphatic rings. The van der Waals surface area contributed by atoms with E-state index in [1.807, 2.05) is 6.92 Å². The van der Waals surface area contributed by atoms with E-state index in [9.17, 15) is 5.11 Å². The molecular formula is C22H28N2O. The Balaban J connectivity index is 1.53. The Kier molecular flexibility index (Phi) is 4.43. The molecule has 0 aliphatic carbocycles. The zero-order valence-electron chi connectivity index (χ0n) is 15.1. The maximum Gasteiger partial charge on any atom is 0.112 e. The Bertz CT molecular complexity index is 632. The standard InChI is InChI=1S/C22H28N2O/c1-22(25,18-6-10-20(11-7-18)23-14-2-3-15-23)19-8-12-21(13-9-19)24-16-4-5-17-24/h6-13,25H,2-5,14-17H2,1H3. The van der Waals surface area contributed by atoms with Crippen LogP contribution in [0.4, 0.5) is 11.4 Å². The molecule has 3 heteroatoms. The lowest BCUT2D eigenvalue weighted by Crippen LogP contribution is -2.24. The quantitative estimate of drug-likeness (QED) is 0.909. The van der Waals surface area contributed by atoms with Crippen molar-refractivity contribution in [1.29, 1.82) is 0 Å². The predicted octanol–water partition coefficient (Wildman–Crippen LogP) is 4.14. The average molecular weight is 336 g/mol. The number of benzene rings is 2. The van der Waals surface area contributed by atoms with Crippen molar-refractivity contribution in [3.8, 4) is 0 Å². The molecule has 132 valence electrons. The highest BCUT2D eigenvalue weighted by Crippen LogP contribution is 2.32. The van der Waals surface area contributed by atoms with Gasteiger partial charge in [-0.3, -0.25) is 0 Å². The van der Waals surface area contributed by atoms with Crippen molar-refractivity contribution in [2.24, 2.45) is 0 Å². The van der Waals surface area contributed by atoms with Gasteiger partial charge in [0.25, 0.3) is 0 Å². The molecule has 25 heavy (non-hydrogen) atoms. The second-order valence-corrected chi connectivity index (χ2v) is 7.55. The highest BCUT2D eigenvalue weighted by Gasteiger charge is 2.26. The fourth-order valence-electron chi connectivity index (χ4n) is 4.11. The van der Waals surface area contributed by atoms with Crippen molar-refractivity contribution in [3.05, 3.63) is 59.7 Å². The summed E-state index contributed by atoms with van der Waals surface area (Å²) in [6.07, 6.45) is 5.12. The molecule has 2 fully saturated rings. The minimum absolute atomic E-state index is 0.948. The molecule has 0 spiro atoms. The van der Waals surface area contributed by atoms with Crippen LogP contribution in [0.5, 0.6) is 0 Å². The molecule has 0 amide bonds. The number of nitrogens with zero attached hydrogens (tertiary/aromatic N) is 2. The number of anilines is 2. The molecule has 2 aromatic carbocycles. The van der Waals surface area contributed by atoms with Crippen molar-refractivity contribution in [3.63, 3.8) is 0 Å². The fraction of sp³-hybridized carbons (Fsp3) is 0.455. The van der Waals surface area contributed by atoms with Crippen LogP contribution in [0.3, 0.4) is 0 Å². The van der Waals surface area contributed by atoms with E-state index >= 15 is 0 Å². The molecule has 2 saturated heterocycles. The molecule has 0 aromatic heterocycles. The van der Waals surface area contributed by atoms with Crippen molar-refractivity contribution < 1.29 is 5.11 Å². The van der Waals surface area contributed by atoms with Crippen molar-refractivity contribution in [2.75, 3.05) is 36.0 Å². The van der Waals surface area contributed by atoms with E-state index in [-0.39, 0.29) is 0 Å². The SMILES string of the molecule is CC(O)(c1ccc(N2CCCC2)cc1)c1ccc(N2CCCC2)cc1. The van der Waals surface area contributed by atoms with Crippen LogP contribution in [0, 0.1) is 0 Å². The number of hydrogen-bond acceptors (Lipinski definition) is 3. The summed E-state index contributed by atoms with van der Waals surface area (Å²) in [5.74, 6) is 0. The van der Waals surface area contributed by atoms with E-state index < -0.39 is 5.60 Å². The van der Waals surface area contributed by atoms with Gasteiger partial charge in [-0.15, -0.1) is 0 Å². The first-order valence-corrected chi connectivity index (χ1v) is 9.58. The molecule has 1 N–H and O–H groups in total. The van der Waals surface area contributed by atoms with Crippen LogP contribution in [0.1, 0.15) is 43.7 Å². The summed E-state index contributed by atoms with van der Waals surface area (Å²) in [6.45, 7) is 6.48. The smallest absolute Gasteiger partial charge is 0.112 e. The lowest BCUT2D eigenvalue weighted by molar-refractivity contribution is 0.102. The van der Waals surface area contributed by atoms with E-state index in [4.69, 9.17) is 0 Å². The number of hydrogen-bond donors (Lipinski definition) is 1. The zero-order chi connectivity index (χ0) is 17.3. The highest BCUT2D eigenvalue weighted by molar-refractivity contribution is 5.52. The summed E-state index contributed by atoms with van der Waals surface area (Å²) in [5, 5.41) is 11.1. The Labute approximate surface area is 150 Å². The van der Waals surface area contributed by atoms with Gasteiger partial charge in [-0.1, -0.05) is 24.3 Å². The highest BCUT2D eigenvalue weighted by atomic mass is 16.3. The molecule has 4 rings (SSSR count). The normalized spacial score (nSPS) is 18.2. The van der Waals surface area contributed by atoms with E-state index in [0.29, 0.717) is 0 Å². The van der Waals surface area contributed by atoms with Gasteiger partial charge in [-0.05, 0) is 68.0 Å². The lowest BCUT2D eigenvalue weighted by atomic mass is 9.88. The Morgan fingerprint density at radius 3 is 1.28 bits per heavy atom. The summed E-state index contributed by atoms with van der Waals surface area (Å²) in [6, 6.07) is 16.9. The third-order valence-electron chi connectivity index (χ3n) is 5.80. The van der Waals surface area contributed by atoms with Gasteiger partial charge in [0, 0.05) is 37.6 Å². The first-order chi connectivity index (χ1) is 12.1. The summed E-state index contributed by atoms with van der Waals surface area (Å²) in [4.78, 5) is 4.84. The van der Waals surface area contributed by atoms with E-state index in [2.05, 4.69) is 58.3 Å². The maximum absolute atomic E-state index is 11.1. The minimum Gasteiger partial charge on any atom is -0.381 e. The van der Waals surface area contributed by atoms with Crippen molar-refractivity contribution >= 4 is 11.4 Å². The summed E-state index contributed by atoms with van der Waals surface area (Å²) >= 11 is 0. The molecule has 0 bridgehead atoms. The molecule has 0 atom stereocenters. The average Bonchev–Trinajstić information content (AvgIpc) is 3.36. The zero-order valence-corrected chi connectivity index (χ0v) is 15.1. The Morgan fingerprint density at radius 2 is 0.960 bits per heavy atom. The number of rotatable bonds is 4. The van der Waals surface area contributed by atoms with Crippen molar-refractivity contribution in [2.45, 2.75) is 38.2 Å². The van der Waals surface area contributed by atoms with E-state index in [0.717, 1.165) is 37.3 Å². The van der Waals surface area contributed by atoms with Crippen LogP contribution < -0.4 is 9.80 Å². The van der Waals surface area contributed by atoms with E-state index in [1.165, 1.54) is 37.1 Å². The molecule has 2 aliphatic heterocycles. The van der Waals surface area contributed by atoms with Crippen molar-refractivity contribution in [1.82, 2.24) is 0 Å². The van der Waals surface area contributed by atoms with Crippen LogP contribution in [0.25, 0.3) is 0 Å². The van der Waals surface area contributed by atoms with Crippen LogP contribution in [0.2, 0.25) is 0 Å². The Morgan fingerprint density at radius 1 is 0.640 bits per heavy atom. The second kappa shape index (κ2) is 6.72. The third-order valence-corrected chi connectivity index (χ3v) is 5.80. The Hall–Kier alpha value is -2.00. The lowest BCUT2D eigenvalue weighted by Gasteiger charge is -2.27. The topological polar surface area (TPSA) is 26.7 Å². The van der Waals surface area contributed by atoms with Gasteiger partial charge in [0.15, 0.2) is 0 Å². The first-order valence-electron chi connectivity index (χ1n) is 9.58. The fourth-order valence-corrected chi connectivity index (χ4v) is 4.11. The van der Waals surface area contributed by atoms with Gasteiger partial charge in [0.2, 0.25) is 0 Å². The molecule has 3 nitrogen and oxygen atoms in total. The minimum atomic E-state index is -0.965. The van der Waals surface area contributed by atoms with Crippen LogP contribution in [0.15, 0.2) is 48.5 Å². The van der Waals surface area contributed by atoms with Gasteiger partial charge in [-0.25, -0.2) is 0 Å². The summed E-state index contributed by atoms with van der Waals surface area (Å²) in [5.41, 5.74) is 3.46. The summed E-state index contributed by atoms with van der Waals surface area (Å²) < 4.78 is 0. The molecule has 0 saturated carbocycles. The van der Waals surface area contributed by atoms with Crippen LogP contribution >= 0.6 is 0 Å². The van der Waals surface area contributed by atoms with Gasteiger partial charge >= 0.3 is 0 Å². The number of aliphatic hydroxyl groups is 1. The van der Waals surface area contributed by atoms with Crippen LogP contribution in [-0.4, -0.2) is 31.3 Å². The molecular weight excluding hydrogens is 308 g/mol. The molecule has 2 aromatic rings. The van der Waals surface area contributed by atoms with E-state index in [1.54, 1.807) is 0 Å². The predicted molar refractivity (Wildman–Crippen MR) is 104 cm³/mol. The van der Waals surface area contributed by atoms with Gasteiger partial charge in [-0.2, -0.15) is 0 Å². The molecule has 0 radical (unpaired) electrons. The van der Waals surface area contributed by atoms with Gasteiger partial charge in [0.1, 0.15) is 5.60 Å². The third kappa shape index (κ3) is 3.25. The molecule has 0 unspecified atom stereocenters. The summed E-state index contributed by atoms with van der Waals surface area (Å²) in [7, 11) is 0. The van der Waals surface area contributed by atoms with Gasteiger partial charge in [0.05, 0.1) is 0 Å². The molecule has 2 heterocycles. The van der Waals surface area contributed by atoms with Gasteiger partial charge < -0.3 is 14.9 Å².